The Hall–Kier alpha value is -1.65. The number of rotatable bonds is 3. The number of nitrogens with zero attached hydrogens (tertiary/aromatic N) is 2. The third-order valence-corrected chi connectivity index (χ3v) is 3.80. The Labute approximate surface area is 119 Å². The Bertz CT molecular complexity index is 699. The lowest BCUT2D eigenvalue weighted by molar-refractivity contribution is 0.220. The van der Waals surface area contributed by atoms with Gasteiger partial charge < -0.3 is 4.74 Å². The van der Waals surface area contributed by atoms with Crippen LogP contribution in [0.4, 0.5) is 0 Å². The largest absolute Gasteiger partial charge is 0.469 e. The Morgan fingerprint density at radius 3 is 2.74 bits per heavy atom. The van der Waals surface area contributed by atoms with Crippen LogP contribution < -0.4 is 4.74 Å². The third-order valence-electron chi connectivity index (χ3n) is 2.82. The summed E-state index contributed by atoms with van der Waals surface area (Å²) >= 11 is 7.44. The molecule has 0 aliphatic carbocycles. The van der Waals surface area contributed by atoms with E-state index in [0.717, 1.165) is 15.8 Å². The zero-order valence-electron chi connectivity index (χ0n) is 10.2. The van der Waals surface area contributed by atoms with Crippen molar-refractivity contribution in [3.8, 4) is 5.88 Å². The summed E-state index contributed by atoms with van der Waals surface area (Å²) in [6, 6.07) is 12.0. The van der Waals surface area contributed by atoms with Crippen LogP contribution in [-0.2, 0) is 0 Å². The predicted octanol–water partition coefficient (Wildman–Crippen LogP) is 4.48. The molecule has 0 radical (unpaired) electrons. The first kappa shape index (κ1) is 12.4. The van der Waals surface area contributed by atoms with E-state index in [1.807, 2.05) is 48.7 Å². The van der Waals surface area contributed by atoms with Gasteiger partial charge in [-0.25, -0.2) is 4.98 Å². The van der Waals surface area contributed by atoms with Crippen LogP contribution in [0.2, 0.25) is 5.28 Å². The summed E-state index contributed by atoms with van der Waals surface area (Å²) in [5.41, 5.74) is 1.10. The third kappa shape index (κ3) is 2.55. The summed E-state index contributed by atoms with van der Waals surface area (Å²) in [6.45, 7) is 1.99. The number of halogens is 1. The van der Waals surface area contributed by atoms with Crippen LogP contribution >= 0.6 is 22.9 Å². The van der Waals surface area contributed by atoms with E-state index in [9.17, 15) is 0 Å². The Balaban J connectivity index is 1.95. The fourth-order valence-corrected chi connectivity index (χ4v) is 2.82. The normalized spacial score (nSPS) is 12.5. The minimum Gasteiger partial charge on any atom is -0.469 e. The Morgan fingerprint density at radius 2 is 1.95 bits per heavy atom. The topological polar surface area (TPSA) is 35.0 Å². The summed E-state index contributed by atoms with van der Waals surface area (Å²) < 4.78 is 5.92. The lowest BCUT2D eigenvalue weighted by Gasteiger charge is -2.14. The number of hydrogen-bond donors (Lipinski definition) is 0. The molecule has 1 atom stereocenters. The average molecular weight is 291 g/mol. The summed E-state index contributed by atoms with van der Waals surface area (Å²) in [7, 11) is 0. The highest BCUT2D eigenvalue weighted by molar-refractivity contribution is 7.16. The van der Waals surface area contributed by atoms with E-state index in [1.165, 1.54) is 11.3 Å². The van der Waals surface area contributed by atoms with Gasteiger partial charge in [-0.15, -0.1) is 11.3 Å². The van der Waals surface area contributed by atoms with Crippen LogP contribution in [0.1, 0.15) is 18.6 Å². The van der Waals surface area contributed by atoms with Gasteiger partial charge in [-0.05, 0) is 35.5 Å². The van der Waals surface area contributed by atoms with Crippen molar-refractivity contribution in [3.05, 3.63) is 52.6 Å². The van der Waals surface area contributed by atoms with Crippen molar-refractivity contribution in [2.75, 3.05) is 0 Å². The van der Waals surface area contributed by atoms with Gasteiger partial charge in [0, 0.05) is 0 Å². The Morgan fingerprint density at radius 1 is 1.16 bits per heavy atom. The van der Waals surface area contributed by atoms with Gasteiger partial charge in [0.15, 0.2) is 0 Å². The molecule has 0 N–H and O–H groups in total. The van der Waals surface area contributed by atoms with E-state index in [0.29, 0.717) is 5.88 Å². The van der Waals surface area contributed by atoms with E-state index in [1.54, 1.807) is 0 Å². The van der Waals surface area contributed by atoms with Gasteiger partial charge in [0.05, 0.1) is 5.39 Å². The maximum Gasteiger partial charge on any atom is 0.227 e. The first-order valence-electron chi connectivity index (χ1n) is 5.86. The number of thiophene rings is 1. The monoisotopic (exact) mass is 290 g/mol. The summed E-state index contributed by atoms with van der Waals surface area (Å²) in [6.07, 6.45) is -0.0877. The van der Waals surface area contributed by atoms with E-state index in [2.05, 4.69) is 9.97 Å². The molecule has 3 rings (SSSR count). The second kappa shape index (κ2) is 5.15. The predicted molar refractivity (Wildman–Crippen MR) is 77.9 cm³/mol. The summed E-state index contributed by atoms with van der Waals surface area (Å²) in [5, 5.41) is 3.07. The highest BCUT2D eigenvalue weighted by Gasteiger charge is 2.13. The van der Waals surface area contributed by atoms with Crippen LogP contribution in [0.5, 0.6) is 5.88 Å². The molecular formula is C14H11ClN2OS. The van der Waals surface area contributed by atoms with E-state index in [4.69, 9.17) is 16.3 Å². The first-order valence-corrected chi connectivity index (χ1v) is 7.12. The zero-order valence-corrected chi connectivity index (χ0v) is 11.8. The van der Waals surface area contributed by atoms with Gasteiger partial charge in [0.2, 0.25) is 11.2 Å². The fraction of sp³-hybridized carbons (Fsp3) is 0.143. The number of fused-ring (bicyclic) bond motifs is 1. The fourth-order valence-electron chi connectivity index (χ4n) is 1.85. The van der Waals surface area contributed by atoms with Crippen LogP contribution in [0.25, 0.3) is 10.2 Å². The maximum atomic E-state index is 5.92. The Kier molecular flexibility index (Phi) is 3.36. The molecule has 0 saturated carbocycles. The van der Waals surface area contributed by atoms with Crippen molar-refractivity contribution in [2.45, 2.75) is 13.0 Å². The molecule has 0 fully saturated rings. The van der Waals surface area contributed by atoms with Gasteiger partial charge >= 0.3 is 0 Å². The van der Waals surface area contributed by atoms with Crippen molar-refractivity contribution < 1.29 is 4.74 Å². The van der Waals surface area contributed by atoms with Gasteiger partial charge in [0.1, 0.15) is 10.9 Å². The minimum atomic E-state index is -0.0877. The molecule has 5 heteroatoms. The molecule has 0 bridgehead atoms. The smallest absolute Gasteiger partial charge is 0.227 e. The van der Waals surface area contributed by atoms with Crippen molar-refractivity contribution >= 4 is 33.2 Å². The van der Waals surface area contributed by atoms with Gasteiger partial charge in [-0.3, -0.25) is 0 Å². The molecule has 0 saturated heterocycles. The lowest BCUT2D eigenvalue weighted by Crippen LogP contribution is -2.04. The first-order chi connectivity index (χ1) is 9.24. The molecule has 0 amide bonds. The highest BCUT2D eigenvalue weighted by Crippen LogP contribution is 2.31. The molecule has 3 aromatic rings. The van der Waals surface area contributed by atoms with Crippen molar-refractivity contribution in [3.63, 3.8) is 0 Å². The number of ether oxygens (including phenoxy) is 1. The number of aromatic nitrogens is 2. The molecule has 3 nitrogen and oxygen atoms in total. The van der Waals surface area contributed by atoms with Crippen molar-refractivity contribution in [1.29, 1.82) is 0 Å². The molecule has 1 unspecified atom stereocenters. The molecule has 0 spiro atoms. The van der Waals surface area contributed by atoms with Crippen LogP contribution in [-0.4, -0.2) is 9.97 Å². The molecule has 1 aromatic carbocycles. The maximum absolute atomic E-state index is 5.92. The van der Waals surface area contributed by atoms with Gasteiger partial charge in [0.25, 0.3) is 0 Å². The lowest BCUT2D eigenvalue weighted by atomic mass is 10.1. The van der Waals surface area contributed by atoms with E-state index < -0.39 is 0 Å². The highest BCUT2D eigenvalue weighted by atomic mass is 35.5. The molecule has 96 valence electrons. The molecule has 2 aromatic heterocycles. The van der Waals surface area contributed by atoms with Crippen LogP contribution in [0.3, 0.4) is 0 Å². The van der Waals surface area contributed by atoms with Gasteiger partial charge in [-0.1, -0.05) is 30.3 Å². The SMILES string of the molecule is CC(Oc1nc(Cl)nc2sccc12)c1ccccc1. The molecule has 19 heavy (non-hydrogen) atoms. The average Bonchev–Trinajstić information content (AvgIpc) is 2.88. The van der Waals surface area contributed by atoms with E-state index >= 15 is 0 Å². The number of hydrogen-bond acceptors (Lipinski definition) is 4. The molecule has 0 aliphatic heterocycles. The quantitative estimate of drug-likeness (QED) is 0.667. The van der Waals surface area contributed by atoms with Gasteiger partial charge in [-0.2, -0.15) is 4.98 Å². The molecule has 2 heterocycles. The van der Waals surface area contributed by atoms with Crippen molar-refractivity contribution in [2.24, 2.45) is 0 Å². The zero-order chi connectivity index (χ0) is 13.2. The standard InChI is InChI=1S/C14H11ClN2OS/c1-9(10-5-3-2-4-6-10)18-12-11-7-8-19-13(11)17-14(15)16-12/h2-9H,1H3. The minimum absolute atomic E-state index is 0.0877. The van der Waals surface area contributed by atoms with E-state index in [-0.39, 0.29) is 11.4 Å². The second-order valence-corrected chi connectivity index (χ2v) is 5.34. The van der Waals surface area contributed by atoms with Crippen molar-refractivity contribution in [1.82, 2.24) is 9.97 Å². The second-order valence-electron chi connectivity index (χ2n) is 4.11. The van der Waals surface area contributed by atoms with Crippen LogP contribution in [0.15, 0.2) is 41.8 Å². The van der Waals surface area contributed by atoms with Crippen LogP contribution in [0, 0.1) is 0 Å². The summed E-state index contributed by atoms with van der Waals surface area (Å²) in [5.74, 6) is 0.535. The number of benzene rings is 1. The molecular weight excluding hydrogens is 280 g/mol. The molecule has 0 aliphatic rings. The summed E-state index contributed by atoms with van der Waals surface area (Å²) in [4.78, 5) is 9.19.